The Morgan fingerprint density at radius 1 is 1.24 bits per heavy atom. The van der Waals surface area contributed by atoms with Gasteiger partial charge in [0, 0.05) is 24.5 Å². The van der Waals surface area contributed by atoms with Crippen molar-refractivity contribution in [1.82, 2.24) is 9.29 Å². The minimum atomic E-state index is -3.49. The predicted molar refractivity (Wildman–Crippen MR) is 82.5 cm³/mol. The third-order valence-corrected chi connectivity index (χ3v) is 5.69. The number of aliphatic hydroxyl groups excluding tert-OH is 1. The molecule has 1 fully saturated rings. The molecule has 120 valence electrons. The van der Waals surface area contributed by atoms with Crippen molar-refractivity contribution in [2.24, 2.45) is 0 Å². The number of hydrogen-bond acceptors (Lipinski definition) is 3. The Morgan fingerprint density at radius 3 is 2.38 bits per heavy atom. The molecular weight excluding hydrogens is 288 g/mol. The third-order valence-electron chi connectivity index (χ3n) is 4.20. The number of hydrogen-bond donors (Lipinski definition) is 2. The molecule has 0 radical (unpaired) electrons. The molecule has 2 N–H and O–H groups in total. The van der Waals surface area contributed by atoms with Crippen LogP contribution in [-0.4, -0.2) is 24.1 Å². The number of aliphatic hydroxyl groups is 1. The lowest BCUT2D eigenvalue weighted by Crippen LogP contribution is -2.35. The van der Waals surface area contributed by atoms with Crippen LogP contribution in [0, 0.1) is 0 Å². The zero-order chi connectivity index (χ0) is 15.3. The Morgan fingerprint density at radius 2 is 1.86 bits per heavy atom. The second kappa shape index (κ2) is 7.42. The van der Waals surface area contributed by atoms with Crippen molar-refractivity contribution in [3.8, 4) is 0 Å². The molecule has 1 aromatic rings. The first-order chi connectivity index (χ1) is 10.1. The highest BCUT2D eigenvalue weighted by atomic mass is 32.2. The molecule has 1 aromatic heterocycles. The molecule has 0 bridgehead atoms. The second-order valence-electron chi connectivity index (χ2n) is 5.77. The quantitative estimate of drug-likeness (QED) is 0.876. The predicted octanol–water partition coefficient (Wildman–Crippen LogP) is 2.39. The molecule has 0 amide bonds. The summed E-state index contributed by atoms with van der Waals surface area (Å²) in [5.74, 6) is 0. The SMILES string of the molecule is CCn1cc(S(=O)(=O)NC2CCCCCCC2)cc1CO. The van der Waals surface area contributed by atoms with Gasteiger partial charge in [0.2, 0.25) is 10.0 Å². The topological polar surface area (TPSA) is 71.3 Å². The number of rotatable bonds is 5. The molecule has 0 atom stereocenters. The number of aryl methyl sites for hydroxylation is 1. The average Bonchev–Trinajstić information content (AvgIpc) is 2.85. The summed E-state index contributed by atoms with van der Waals surface area (Å²) >= 11 is 0. The Bertz CT molecular complexity index is 522. The number of aromatic nitrogens is 1. The minimum Gasteiger partial charge on any atom is -0.390 e. The normalized spacial score (nSPS) is 18.4. The molecule has 0 aromatic carbocycles. The fraction of sp³-hybridized carbons (Fsp3) is 0.733. The van der Waals surface area contributed by atoms with Gasteiger partial charge in [-0.15, -0.1) is 0 Å². The molecule has 1 heterocycles. The Kier molecular flexibility index (Phi) is 5.84. The molecule has 0 unspecified atom stereocenters. The summed E-state index contributed by atoms with van der Waals surface area (Å²) in [6.45, 7) is 2.43. The average molecular weight is 314 g/mol. The number of nitrogens with zero attached hydrogens (tertiary/aromatic N) is 1. The van der Waals surface area contributed by atoms with Gasteiger partial charge in [0.25, 0.3) is 0 Å². The van der Waals surface area contributed by atoms with Crippen molar-refractivity contribution in [3.05, 3.63) is 18.0 Å². The van der Waals surface area contributed by atoms with E-state index < -0.39 is 10.0 Å². The summed E-state index contributed by atoms with van der Waals surface area (Å²) < 4.78 is 29.6. The van der Waals surface area contributed by atoms with Crippen LogP contribution in [0.3, 0.4) is 0 Å². The molecule has 6 heteroatoms. The first kappa shape index (κ1) is 16.5. The van der Waals surface area contributed by atoms with E-state index in [1.54, 1.807) is 16.8 Å². The second-order valence-corrected chi connectivity index (χ2v) is 7.49. The molecule has 5 nitrogen and oxygen atoms in total. The van der Waals surface area contributed by atoms with E-state index >= 15 is 0 Å². The molecule has 21 heavy (non-hydrogen) atoms. The van der Waals surface area contributed by atoms with Gasteiger partial charge in [0.1, 0.15) is 0 Å². The molecule has 2 rings (SSSR count). The first-order valence-corrected chi connectivity index (χ1v) is 9.37. The molecular formula is C15H26N2O3S. The van der Waals surface area contributed by atoms with Crippen LogP contribution in [0.1, 0.15) is 57.6 Å². The van der Waals surface area contributed by atoms with Crippen LogP contribution in [0.5, 0.6) is 0 Å². The summed E-state index contributed by atoms with van der Waals surface area (Å²) in [7, 11) is -3.49. The molecule has 1 aliphatic rings. The molecule has 0 spiro atoms. The third kappa shape index (κ3) is 4.31. The Balaban J connectivity index is 2.11. The van der Waals surface area contributed by atoms with Crippen molar-refractivity contribution in [3.63, 3.8) is 0 Å². The lowest BCUT2D eigenvalue weighted by molar-refractivity contribution is 0.271. The monoisotopic (exact) mass is 314 g/mol. The van der Waals surface area contributed by atoms with E-state index in [0.717, 1.165) is 25.7 Å². The summed E-state index contributed by atoms with van der Waals surface area (Å²) in [6, 6.07) is 1.60. The van der Waals surface area contributed by atoms with E-state index in [9.17, 15) is 13.5 Å². The van der Waals surface area contributed by atoms with Crippen LogP contribution in [0.4, 0.5) is 0 Å². The molecule has 0 saturated heterocycles. The fourth-order valence-corrected chi connectivity index (χ4v) is 4.33. The highest BCUT2D eigenvalue weighted by molar-refractivity contribution is 7.89. The van der Waals surface area contributed by atoms with Crippen LogP contribution >= 0.6 is 0 Å². The van der Waals surface area contributed by atoms with E-state index in [0.29, 0.717) is 12.2 Å². The van der Waals surface area contributed by atoms with Crippen LogP contribution in [0.2, 0.25) is 0 Å². The van der Waals surface area contributed by atoms with Crippen LogP contribution in [0.25, 0.3) is 0 Å². The number of sulfonamides is 1. The first-order valence-electron chi connectivity index (χ1n) is 7.89. The van der Waals surface area contributed by atoms with Crippen LogP contribution in [-0.2, 0) is 23.2 Å². The lowest BCUT2D eigenvalue weighted by Gasteiger charge is -2.20. The maximum atomic E-state index is 12.5. The fourth-order valence-electron chi connectivity index (χ4n) is 2.96. The maximum absolute atomic E-state index is 12.5. The largest absolute Gasteiger partial charge is 0.390 e. The summed E-state index contributed by atoms with van der Waals surface area (Å²) in [6.07, 6.45) is 9.27. The van der Waals surface area contributed by atoms with Crippen molar-refractivity contribution in [2.75, 3.05) is 0 Å². The zero-order valence-electron chi connectivity index (χ0n) is 12.7. The van der Waals surface area contributed by atoms with E-state index in [4.69, 9.17) is 0 Å². The van der Waals surface area contributed by atoms with Crippen LogP contribution < -0.4 is 4.72 Å². The Labute approximate surface area is 127 Å². The smallest absolute Gasteiger partial charge is 0.242 e. The zero-order valence-corrected chi connectivity index (χ0v) is 13.5. The van der Waals surface area contributed by atoms with Crippen molar-refractivity contribution < 1.29 is 13.5 Å². The highest BCUT2D eigenvalue weighted by Gasteiger charge is 2.22. The van der Waals surface area contributed by atoms with Gasteiger partial charge in [0.05, 0.1) is 11.5 Å². The van der Waals surface area contributed by atoms with Gasteiger partial charge >= 0.3 is 0 Å². The van der Waals surface area contributed by atoms with E-state index in [1.165, 1.54) is 19.3 Å². The maximum Gasteiger partial charge on any atom is 0.242 e. The summed E-state index contributed by atoms with van der Waals surface area (Å²) in [4.78, 5) is 0.260. The van der Waals surface area contributed by atoms with Crippen molar-refractivity contribution in [2.45, 2.75) is 76.0 Å². The van der Waals surface area contributed by atoms with Crippen molar-refractivity contribution in [1.29, 1.82) is 0 Å². The van der Waals surface area contributed by atoms with E-state index in [2.05, 4.69) is 4.72 Å². The van der Waals surface area contributed by atoms with Gasteiger partial charge in [-0.25, -0.2) is 13.1 Å². The summed E-state index contributed by atoms with van der Waals surface area (Å²) in [5.41, 5.74) is 0.635. The van der Waals surface area contributed by atoms with Gasteiger partial charge in [-0.05, 0) is 25.8 Å². The van der Waals surface area contributed by atoms with Gasteiger partial charge in [-0.1, -0.05) is 32.1 Å². The van der Waals surface area contributed by atoms with Crippen LogP contribution in [0.15, 0.2) is 17.2 Å². The molecule has 1 saturated carbocycles. The Hall–Kier alpha value is -0.850. The highest BCUT2D eigenvalue weighted by Crippen LogP contribution is 2.20. The summed E-state index contributed by atoms with van der Waals surface area (Å²) in [5, 5.41) is 9.28. The van der Waals surface area contributed by atoms with E-state index in [-0.39, 0.29) is 17.5 Å². The van der Waals surface area contributed by atoms with Gasteiger partial charge in [-0.3, -0.25) is 0 Å². The van der Waals surface area contributed by atoms with Gasteiger partial charge in [0.15, 0.2) is 0 Å². The molecule has 0 aliphatic heterocycles. The lowest BCUT2D eigenvalue weighted by atomic mass is 9.97. The van der Waals surface area contributed by atoms with Gasteiger partial charge < -0.3 is 9.67 Å². The standard InChI is InChI=1S/C15H26N2O3S/c1-2-17-11-15(10-14(17)12-18)21(19,20)16-13-8-6-4-3-5-7-9-13/h10-11,13,16,18H,2-9,12H2,1H3. The van der Waals surface area contributed by atoms with Gasteiger partial charge in [-0.2, -0.15) is 0 Å². The minimum absolute atomic E-state index is 0.0397. The molecule has 1 aliphatic carbocycles. The van der Waals surface area contributed by atoms with Crippen molar-refractivity contribution >= 4 is 10.0 Å². The van der Waals surface area contributed by atoms with E-state index in [1.807, 2.05) is 6.92 Å². The number of nitrogens with one attached hydrogen (secondary N) is 1.